The molecule has 7 nitrogen and oxygen atoms in total. The SMILES string of the molecule is CCc1cc(C(=O)c2ccccc2Cl)c(N(C)C(=O)CNC(=O)Nc2cccc(OC)c2)s1. The molecule has 0 aliphatic heterocycles. The van der Waals surface area contributed by atoms with Gasteiger partial charge in [-0.3, -0.25) is 9.59 Å². The van der Waals surface area contributed by atoms with Gasteiger partial charge in [0, 0.05) is 29.2 Å². The van der Waals surface area contributed by atoms with Crippen molar-refractivity contribution < 1.29 is 19.1 Å². The third kappa shape index (κ3) is 5.91. The Kier molecular flexibility index (Phi) is 8.08. The molecule has 0 fully saturated rings. The molecule has 0 aliphatic carbocycles. The third-order valence-corrected chi connectivity index (χ3v) is 6.57. The van der Waals surface area contributed by atoms with Crippen LogP contribution in [0.15, 0.2) is 54.6 Å². The van der Waals surface area contributed by atoms with Crippen LogP contribution in [0.25, 0.3) is 0 Å². The Morgan fingerprint density at radius 1 is 1.06 bits per heavy atom. The number of nitrogens with one attached hydrogen (secondary N) is 2. The largest absolute Gasteiger partial charge is 0.497 e. The Bertz CT molecular complexity index is 1180. The summed E-state index contributed by atoms with van der Waals surface area (Å²) in [6, 6.07) is 14.9. The standard InChI is InChI=1S/C24H24ClN3O4S/c1-4-17-13-19(22(30)18-10-5-6-11-20(18)25)23(33-17)28(2)21(29)14-26-24(31)27-15-8-7-9-16(12-15)32-3/h5-13H,4,14H2,1-3H3,(H2,26,27,31). The number of halogens is 1. The summed E-state index contributed by atoms with van der Waals surface area (Å²) < 4.78 is 5.13. The third-order valence-electron chi connectivity index (χ3n) is 4.88. The zero-order valence-electron chi connectivity index (χ0n) is 18.5. The number of aryl methyl sites for hydroxylation is 1. The quantitative estimate of drug-likeness (QED) is 0.440. The van der Waals surface area contributed by atoms with Crippen LogP contribution in [0.4, 0.5) is 15.5 Å². The van der Waals surface area contributed by atoms with E-state index in [9.17, 15) is 14.4 Å². The number of likely N-dealkylation sites (N-methyl/N-ethyl adjacent to an activating group) is 1. The molecule has 172 valence electrons. The average Bonchev–Trinajstić information content (AvgIpc) is 3.26. The van der Waals surface area contributed by atoms with E-state index in [1.54, 1.807) is 61.6 Å². The summed E-state index contributed by atoms with van der Waals surface area (Å²) in [6.45, 7) is 1.73. The summed E-state index contributed by atoms with van der Waals surface area (Å²) >= 11 is 7.58. The molecule has 2 N–H and O–H groups in total. The molecule has 0 atom stereocenters. The fourth-order valence-electron chi connectivity index (χ4n) is 3.07. The minimum Gasteiger partial charge on any atom is -0.497 e. The Labute approximate surface area is 201 Å². The zero-order chi connectivity index (χ0) is 24.0. The van der Waals surface area contributed by atoms with Crippen LogP contribution in [0.1, 0.15) is 27.7 Å². The second-order valence-electron chi connectivity index (χ2n) is 7.09. The molecule has 0 radical (unpaired) electrons. The van der Waals surface area contributed by atoms with Crippen molar-refractivity contribution in [3.05, 3.63) is 75.6 Å². The summed E-state index contributed by atoms with van der Waals surface area (Å²) in [4.78, 5) is 40.5. The van der Waals surface area contributed by atoms with Gasteiger partial charge in [0.2, 0.25) is 5.91 Å². The number of anilines is 2. The van der Waals surface area contributed by atoms with Gasteiger partial charge in [-0.05, 0) is 36.8 Å². The molecule has 0 saturated heterocycles. The lowest BCUT2D eigenvalue weighted by atomic mass is 10.0. The van der Waals surface area contributed by atoms with E-state index in [1.165, 1.54) is 23.3 Å². The van der Waals surface area contributed by atoms with Crippen LogP contribution in [0.5, 0.6) is 5.75 Å². The van der Waals surface area contributed by atoms with E-state index in [0.717, 1.165) is 11.3 Å². The van der Waals surface area contributed by atoms with Gasteiger partial charge in [-0.15, -0.1) is 11.3 Å². The highest BCUT2D eigenvalue weighted by molar-refractivity contribution is 7.16. The molecule has 0 saturated carbocycles. The molecule has 1 heterocycles. The Balaban J connectivity index is 1.71. The van der Waals surface area contributed by atoms with Crippen LogP contribution in [-0.2, 0) is 11.2 Å². The molecule has 3 aromatic rings. The number of carbonyl (C=O) groups is 3. The van der Waals surface area contributed by atoms with Gasteiger partial charge in [0.1, 0.15) is 10.8 Å². The number of urea groups is 1. The molecule has 2 aromatic carbocycles. The summed E-state index contributed by atoms with van der Waals surface area (Å²) in [5.41, 5.74) is 1.31. The summed E-state index contributed by atoms with van der Waals surface area (Å²) in [6.07, 6.45) is 0.719. The van der Waals surface area contributed by atoms with Gasteiger partial charge in [0.15, 0.2) is 5.78 Å². The molecular weight excluding hydrogens is 462 g/mol. The molecule has 33 heavy (non-hydrogen) atoms. The maximum absolute atomic E-state index is 13.2. The van der Waals surface area contributed by atoms with Crippen molar-refractivity contribution in [1.29, 1.82) is 0 Å². The molecule has 0 aliphatic rings. The Morgan fingerprint density at radius 3 is 2.52 bits per heavy atom. The lowest BCUT2D eigenvalue weighted by Crippen LogP contribution is -2.40. The van der Waals surface area contributed by atoms with E-state index >= 15 is 0 Å². The zero-order valence-corrected chi connectivity index (χ0v) is 20.0. The van der Waals surface area contributed by atoms with Crippen molar-refractivity contribution in [2.45, 2.75) is 13.3 Å². The van der Waals surface area contributed by atoms with E-state index in [-0.39, 0.29) is 18.2 Å². The van der Waals surface area contributed by atoms with Crippen LogP contribution in [0.3, 0.4) is 0 Å². The second-order valence-corrected chi connectivity index (χ2v) is 8.61. The van der Waals surface area contributed by atoms with Crippen molar-refractivity contribution >= 4 is 51.3 Å². The Hall–Kier alpha value is -3.36. The molecule has 3 rings (SSSR count). The molecule has 9 heteroatoms. The fourth-order valence-corrected chi connectivity index (χ4v) is 4.36. The molecule has 3 amide bonds. The van der Waals surface area contributed by atoms with E-state index in [2.05, 4.69) is 10.6 Å². The van der Waals surface area contributed by atoms with Gasteiger partial charge < -0.3 is 20.3 Å². The molecule has 0 unspecified atom stereocenters. The number of hydrogen-bond donors (Lipinski definition) is 2. The molecule has 0 spiro atoms. The topological polar surface area (TPSA) is 87.7 Å². The number of thiophene rings is 1. The predicted molar refractivity (Wildman–Crippen MR) is 132 cm³/mol. The number of nitrogens with zero attached hydrogens (tertiary/aromatic N) is 1. The highest BCUT2D eigenvalue weighted by Crippen LogP contribution is 2.34. The summed E-state index contributed by atoms with van der Waals surface area (Å²) in [5, 5.41) is 6.06. The number of ketones is 1. The minimum atomic E-state index is -0.530. The first-order valence-electron chi connectivity index (χ1n) is 10.2. The molecular formula is C24H24ClN3O4S. The number of carbonyl (C=O) groups excluding carboxylic acids is 3. The number of rotatable bonds is 8. The number of hydrogen-bond acceptors (Lipinski definition) is 5. The maximum atomic E-state index is 13.2. The highest BCUT2D eigenvalue weighted by Gasteiger charge is 2.24. The molecule has 0 bridgehead atoms. The highest BCUT2D eigenvalue weighted by atomic mass is 35.5. The van der Waals surface area contributed by atoms with Crippen molar-refractivity contribution in [1.82, 2.24) is 5.32 Å². The van der Waals surface area contributed by atoms with Crippen LogP contribution >= 0.6 is 22.9 Å². The van der Waals surface area contributed by atoms with Gasteiger partial charge in [-0.1, -0.05) is 36.7 Å². The smallest absolute Gasteiger partial charge is 0.319 e. The number of ether oxygens (including phenoxy) is 1. The number of methoxy groups -OCH3 is 1. The van der Waals surface area contributed by atoms with Crippen molar-refractivity contribution in [3.8, 4) is 5.75 Å². The first-order chi connectivity index (χ1) is 15.8. The fraction of sp³-hybridized carbons (Fsp3) is 0.208. The second kappa shape index (κ2) is 11.0. The monoisotopic (exact) mass is 485 g/mol. The van der Waals surface area contributed by atoms with Crippen molar-refractivity contribution in [2.75, 3.05) is 30.9 Å². The maximum Gasteiger partial charge on any atom is 0.319 e. The van der Waals surface area contributed by atoms with Crippen LogP contribution < -0.4 is 20.3 Å². The van der Waals surface area contributed by atoms with Crippen molar-refractivity contribution in [2.24, 2.45) is 0 Å². The van der Waals surface area contributed by atoms with Gasteiger partial charge in [-0.2, -0.15) is 0 Å². The van der Waals surface area contributed by atoms with Gasteiger partial charge >= 0.3 is 6.03 Å². The first kappa shape index (κ1) is 24.3. The van der Waals surface area contributed by atoms with E-state index in [0.29, 0.717) is 32.6 Å². The van der Waals surface area contributed by atoms with Gasteiger partial charge in [0.05, 0.1) is 24.2 Å². The minimum absolute atomic E-state index is 0.245. The van der Waals surface area contributed by atoms with E-state index in [4.69, 9.17) is 16.3 Å². The number of amides is 3. The summed E-state index contributed by atoms with van der Waals surface area (Å²) in [7, 11) is 3.12. The average molecular weight is 486 g/mol. The van der Waals surface area contributed by atoms with E-state index in [1.807, 2.05) is 6.92 Å². The van der Waals surface area contributed by atoms with Crippen LogP contribution in [-0.4, -0.2) is 38.4 Å². The van der Waals surface area contributed by atoms with Crippen LogP contribution in [0, 0.1) is 0 Å². The summed E-state index contributed by atoms with van der Waals surface area (Å²) in [5.74, 6) is -0.0211. The van der Waals surface area contributed by atoms with E-state index < -0.39 is 6.03 Å². The van der Waals surface area contributed by atoms with Gasteiger partial charge in [-0.25, -0.2) is 4.79 Å². The van der Waals surface area contributed by atoms with Crippen molar-refractivity contribution in [3.63, 3.8) is 0 Å². The Morgan fingerprint density at radius 2 is 1.82 bits per heavy atom. The number of benzene rings is 2. The normalized spacial score (nSPS) is 10.4. The lowest BCUT2D eigenvalue weighted by molar-refractivity contribution is -0.117. The van der Waals surface area contributed by atoms with Crippen LogP contribution in [0.2, 0.25) is 5.02 Å². The molecule has 1 aromatic heterocycles. The first-order valence-corrected chi connectivity index (χ1v) is 11.4. The lowest BCUT2D eigenvalue weighted by Gasteiger charge is -2.18. The van der Waals surface area contributed by atoms with Gasteiger partial charge in [0.25, 0.3) is 0 Å². The predicted octanol–water partition coefficient (Wildman–Crippen LogP) is 4.99.